The highest BCUT2D eigenvalue weighted by Crippen LogP contribution is 2.35. The van der Waals surface area contributed by atoms with Crippen LogP contribution in [0.1, 0.15) is 11.4 Å². The maximum atomic E-state index is 10.4. The monoisotopic (exact) mass is 408 g/mol. The standard InChI is InChI=1S/C18H14Cl2N4O.ClH/c1-9-2-4-12-13(6-9)23-18(22-12)16-15(25)8-24(17(16)21)14-5-3-10(19)7-11(14)20;/h2-7,21,25H,8H2,1H3,(H,22,23);1H. The SMILES string of the molecule is Cc1ccc2nc(C3=C(O)CN(c4ccc(Cl)cc4Cl)C3=N)[nH]c2c1.Cl. The zero-order valence-electron chi connectivity index (χ0n) is 13.7. The number of aromatic amines is 1. The van der Waals surface area contributed by atoms with Crippen LogP contribution in [0.25, 0.3) is 16.6 Å². The Morgan fingerprint density at radius 2 is 1.96 bits per heavy atom. The first-order valence-corrected chi connectivity index (χ1v) is 8.40. The van der Waals surface area contributed by atoms with Gasteiger partial charge in [0.15, 0.2) is 0 Å². The van der Waals surface area contributed by atoms with Crippen LogP contribution in [0.3, 0.4) is 0 Å². The van der Waals surface area contributed by atoms with Gasteiger partial charge in [-0.3, -0.25) is 5.41 Å². The Morgan fingerprint density at radius 3 is 2.69 bits per heavy atom. The number of halogens is 3. The summed E-state index contributed by atoms with van der Waals surface area (Å²) in [4.78, 5) is 9.32. The number of nitrogens with zero attached hydrogens (tertiary/aromatic N) is 2. The minimum absolute atomic E-state index is 0. The van der Waals surface area contributed by atoms with E-state index in [9.17, 15) is 5.11 Å². The van der Waals surface area contributed by atoms with Crippen LogP contribution in [-0.2, 0) is 0 Å². The summed E-state index contributed by atoms with van der Waals surface area (Å²) in [5.74, 6) is 0.681. The molecule has 134 valence electrons. The lowest BCUT2D eigenvalue weighted by atomic mass is 10.2. The number of nitrogens with one attached hydrogen (secondary N) is 2. The van der Waals surface area contributed by atoms with E-state index in [1.165, 1.54) is 0 Å². The summed E-state index contributed by atoms with van der Waals surface area (Å²) in [6.07, 6.45) is 0. The van der Waals surface area contributed by atoms with Crippen molar-refractivity contribution in [2.75, 3.05) is 11.4 Å². The summed E-state index contributed by atoms with van der Waals surface area (Å²) in [5.41, 5.74) is 3.75. The molecule has 8 heteroatoms. The number of hydrogen-bond donors (Lipinski definition) is 3. The quantitative estimate of drug-likeness (QED) is 0.533. The van der Waals surface area contributed by atoms with E-state index < -0.39 is 0 Å². The number of anilines is 1. The molecule has 0 fully saturated rings. The number of fused-ring (bicyclic) bond motifs is 1. The van der Waals surface area contributed by atoms with Crippen LogP contribution in [-0.4, -0.2) is 27.5 Å². The van der Waals surface area contributed by atoms with Crippen molar-refractivity contribution < 1.29 is 5.11 Å². The second-order valence-corrected chi connectivity index (χ2v) is 6.80. The zero-order chi connectivity index (χ0) is 17.7. The number of benzene rings is 2. The van der Waals surface area contributed by atoms with E-state index >= 15 is 0 Å². The molecule has 5 nitrogen and oxygen atoms in total. The average molecular weight is 410 g/mol. The number of rotatable bonds is 2. The second-order valence-electron chi connectivity index (χ2n) is 5.96. The van der Waals surface area contributed by atoms with Gasteiger partial charge in [0.05, 0.1) is 33.9 Å². The minimum atomic E-state index is 0. The molecule has 0 saturated carbocycles. The highest BCUT2D eigenvalue weighted by Gasteiger charge is 2.32. The van der Waals surface area contributed by atoms with Gasteiger partial charge >= 0.3 is 0 Å². The molecule has 0 atom stereocenters. The van der Waals surface area contributed by atoms with E-state index in [4.69, 9.17) is 28.6 Å². The van der Waals surface area contributed by atoms with Crippen LogP contribution in [0.2, 0.25) is 10.0 Å². The number of aromatic nitrogens is 2. The smallest absolute Gasteiger partial charge is 0.145 e. The summed E-state index contributed by atoms with van der Waals surface area (Å²) in [5, 5.41) is 19.9. The van der Waals surface area contributed by atoms with Crippen LogP contribution < -0.4 is 4.90 Å². The van der Waals surface area contributed by atoms with Crippen LogP contribution in [0.5, 0.6) is 0 Å². The number of hydrogen-bond acceptors (Lipinski definition) is 3. The maximum absolute atomic E-state index is 10.4. The number of imidazole rings is 1. The molecular weight excluding hydrogens is 395 g/mol. The van der Waals surface area contributed by atoms with E-state index in [-0.39, 0.29) is 30.5 Å². The molecule has 3 aromatic rings. The van der Waals surface area contributed by atoms with E-state index in [0.717, 1.165) is 16.6 Å². The highest BCUT2D eigenvalue weighted by atomic mass is 35.5. The van der Waals surface area contributed by atoms with Crippen molar-refractivity contribution in [1.29, 1.82) is 5.41 Å². The summed E-state index contributed by atoms with van der Waals surface area (Å²) in [6.45, 7) is 2.16. The first-order chi connectivity index (χ1) is 11.9. The van der Waals surface area contributed by atoms with Crippen LogP contribution in [0.15, 0.2) is 42.2 Å². The van der Waals surface area contributed by atoms with E-state index in [0.29, 0.717) is 27.1 Å². The number of aryl methyl sites for hydroxylation is 1. The van der Waals surface area contributed by atoms with E-state index in [1.54, 1.807) is 23.1 Å². The lowest BCUT2D eigenvalue weighted by Crippen LogP contribution is -2.26. The van der Waals surface area contributed by atoms with Crippen molar-refractivity contribution in [3.63, 3.8) is 0 Å². The minimum Gasteiger partial charge on any atom is -0.509 e. The Kier molecular flexibility index (Phi) is 4.88. The summed E-state index contributed by atoms with van der Waals surface area (Å²) in [7, 11) is 0. The molecule has 26 heavy (non-hydrogen) atoms. The van der Waals surface area contributed by atoms with Gasteiger partial charge in [-0.1, -0.05) is 29.3 Å². The first kappa shape index (κ1) is 18.6. The van der Waals surface area contributed by atoms with Crippen molar-refractivity contribution in [3.05, 3.63) is 63.6 Å². The largest absolute Gasteiger partial charge is 0.509 e. The Labute approximate surface area is 166 Å². The van der Waals surface area contributed by atoms with Gasteiger partial charge in [-0.2, -0.15) is 0 Å². The summed E-state index contributed by atoms with van der Waals surface area (Å²) in [6, 6.07) is 10.9. The first-order valence-electron chi connectivity index (χ1n) is 7.64. The Bertz CT molecular complexity index is 1060. The Balaban J connectivity index is 0.00000196. The van der Waals surface area contributed by atoms with Gasteiger partial charge < -0.3 is 15.0 Å². The molecule has 1 aromatic heterocycles. The third-order valence-electron chi connectivity index (χ3n) is 4.18. The van der Waals surface area contributed by atoms with Gasteiger partial charge in [-0.25, -0.2) is 4.98 Å². The van der Waals surface area contributed by atoms with Gasteiger partial charge in [0.25, 0.3) is 0 Å². The molecule has 2 heterocycles. The number of aliphatic hydroxyl groups excluding tert-OH is 1. The van der Waals surface area contributed by atoms with Crippen molar-refractivity contribution >= 4 is 63.7 Å². The highest BCUT2D eigenvalue weighted by molar-refractivity contribution is 6.38. The lowest BCUT2D eigenvalue weighted by molar-refractivity contribution is 0.411. The van der Waals surface area contributed by atoms with Crippen molar-refractivity contribution in [2.24, 2.45) is 0 Å². The van der Waals surface area contributed by atoms with Crippen molar-refractivity contribution in [3.8, 4) is 0 Å². The molecule has 1 aliphatic rings. The lowest BCUT2D eigenvalue weighted by Gasteiger charge is -2.20. The fraction of sp³-hybridized carbons (Fsp3) is 0.111. The molecule has 0 radical (unpaired) electrons. The van der Waals surface area contributed by atoms with Gasteiger partial charge in [0.2, 0.25) is 0 Å². The Morgan fingerprint density at radius 1 is 1.19 bits per heavy atom. The second kappa shape index (κ2) is 6.83. The van der Waals surface area contributed by atoms with E-state index in [1.807, 2.05) is 25.1 Å². The van der Waals surface area contributed by atoms with Crippen LogP contribution >= 0.6 is 35.6 Å². The van der Waals surface area contributed by atoms with Gasteiger partial charge in [-0.05, 0) is 42.8 Å². The molecule has 0 amide bonds. The van der Waals surface area contributed by atoms with Crippen molar-refractivity contribution in [1.82, 2.24) is 9.97 Å². The summed E-state index contributed by atoms with van der Waals surface area (Å²) < 4.78 is 0. The Hall–Kier alpha value is -2.21. The van der Waals surface area contributed by atoms with Gasteiger partial charge in [0, 0.05) is 5.02 Å². The average Bonchev–Trinajstić information content (AvgIpc) is 3.07. The fourth-order valence-electron chi connectivity index (χ4n) is 2.98. The molecule has 4 rings (SSSR count). The topological polar surface area (TPSA) is 76.0 Å². The van der Waals surface area contributed by atoms with Crippen LogP contribution in [0.4, 0.5) is 5.69 Å². The molecule has 0 bridgehead atoms. The molecule has 0 saturated heterocycles. The fourth-order valence-corrected chi connectivity index (χ4v) is 3.49. The third-order valence-corrected chi connectivity index (χ3v) is 4.72. The molecule has 0 unspecified atom stereocenters. The van der Waals surface area contributed by atoms with Gasteiger partial charge in [0.1, 0.15) is 17.4 Å². The molecule has 3 N–H and O–H groups in total. The van der Waals surface area contributed by atoms with Crippen LogP contribution in [0, 0.1) is 12.3 Å². The third kappa shape index (κ3) is 3.03. The number of amidine groups is 1. The van der Waals surface area contributed by atoms with Crippen molar-refractivity contribution in [2.45, 2.75) is 6.92 Å². The van der Waals surface area contributed by atoms with Gasteiger partial charge in [-0.15, -0.1) is 12.4 Å². The molecule has 2 aromatic carbocycles. The molecular formula is C18H15Cl3N4O. The predicted molar refractivity (Wildman–Crippen MR) is 109 cm³/mol. The molecule has 1 aliphatic heterocycles. The molecule has 0 spiro atoms. The zero-order valence-corrected chi connectivity index (χ0v) is 16.0. The number of aliphatic hydroxyl groups is 1. The molecule has 0 aliphatic carbocycles. The maximum Gasteiger partial charge on any atom is 0.145 e. The predicted octanol–water partition coefficient (Wildman–Crippen LogP) is 5.37. The van der Waals surface area contributed by atoms with E-state index in [2.05, 4.69) is 9.97 Å². The number of H-pyrrole nitrogens is 1. The summed E-state index contributed by atoms with van der Waals surface area (Å²) >= 11 is 12.2. The normalized spacial score (nSPS) is 14.3.